The van der Waals surface area contributed by atoms with Crippen LogP contribution in [-0.2, 0) is 4.79 Å². The predicted octanol–water partition coefficient (Wildman–Crippen LogP) is -1.29. The smallest absolute Gasteiger partial charge is 0.358 e. The van der Waals surface area contributed by atoms with Gasteiger partial charge in [-0.3, -0.25) is 9.69 Å². The van der Waals surface area contributed by atoms with Crippen LogP contribution in [0.15, 0.2) is 6.20 Å². The van der Waals surface area contributed by atoms with E-state index in [2.05, 4.69) is 10.3 Å². The molecule has 8 heteroatoms. The first kappa shape index (κ1) is 11.5. The minimum Gasteiger partial charge on any atom is -0.476 e. The summed E-state index contributed by atoms with van der Waals surface area (Å²) in [5, 5.41) is 16.0. The number of primary amides is 1. The van der Waals surface area contributed by atoms with E-state index in [4.69, 9.17) is 10.8 Å². The second-order valence-electron chi connectivity index (χ2n) is 4.08. The number of hydrogen-bond donors (Lipinski definition) is 2. The standard InChI is InChI=1S/C9H13N5O3/c1-5(8(10)15)13-2-6(3-13)14-4-7(9(16)17)11-12-14/h4-6H,2-3H2,1H3,(H2,10,15)(H,16,17). The Morgan fingerprint density at radius 2 is 2.24 bits per heavy atom. The van der Waals surface area contributed by atoms with Gasteiger partial charge in [0.25, 0.3) is 0 Å². The minimum atomic E-state index is -1.10. The van der Waals surface area contributed by atoms with Crippen LogP contribution in [-0.4, -0.2) is 56.0 Å². The van der Waals surface area contributed by atoms with Crippen molar-refractivity contribution in [2.24, 2.45) is 5.73 Å². The van der Waals surface area contributed by atoms with E-state index in [0.717, 1.165) is 0 Å². The molecule has 92 valence electrons. The molecule has 1 amide bonds. The van der Waals surface area contributed by atoms with Gasteiger partial charge in [-0.05, 0) is 6.92 Å². The van der Waals surface area contributed by atoms with Crippen LogP contribution in [0.4, 0.5) is 0 Å². The van der Waals surface area contributed by atoms with Crippen LogP contribution in [0.5, 0.6) is 0 Å². The third-order valence-corrected chi connectivity index (χ3v) is 2.95. The first-order valence-corrected chi connectivity index (χ1v) is 5.17. The lowest BCUT2D eigenvalue weighted by Crippen LogP contribution is -2.55. The summed E-state index contributed by atoms with van der Waals surface area (Å²) in [6, 6.07) is -0.258. The van der Waals surface area contributed by atoms with Gasteiger partial charge in [0.1, 0.15) is 0 Å². The lowest BCUT2D eigenvalue weighted by Gasteiger charge is -2.41. The summed E-state index contributed by atoms with van der Waals surface area (Å²) >= 11 is 0. The number of carbonyl (C=O) groups excluding carboxylic acids is 1. The highest BCUT2D eigenvalue weighted by Gasteiger charge is 2.34. The molecule has 1 atom stereocenters. The molecule has 17 heavy (non-hydrogen) atoms. The summed E-state index contributed by atoms with van der Waals surface area (Å²) in [4.78, 5) is 23.5. The Morgan fingerprint density at radius 1 is 1.59 bits per heavy atom. The normalized spacial score (nSPS) is 18.6. The predicted molar refractivity (Wildman–Crippen MR) is 56.2 cm³/mol. The molecule has 3 N–H and O–H groups in total. The number of aromatic nitrogens is 3. The molecular weight excluding hydrogens is 226 g/mol. The van der Waals surface area contributed by atoms with Gasteiger partial charge in [0, 0.05) is 13.1 Å². The van der Waals surface area contributed by atoms with Gasteiger partial charge in [-0.25, -0.2) is 9.48 Å². The van der Waals surface area contributed by atoms with Crippen molar-refractivity contribution in [1.82, 2.24) is 19.9 Å². The average molecular weight is 239 g/mol. The van der Waals surface area contributed by atoms with Crippen molar-refractivity contribution in [3.63, 3.8) is 0 Å². The number of carboxylic acids is 1. The zero-order chi connectivity index (χ0) is 12.6. The molecule has 0 bridgehead atoms. The Labute approximate surface area is 97.0 Å². The molecule has 1 unspecified atom stereocenters. The average Bonchev–Trinajstić information content (AvgIpc) is 2.64. The fraction of sp³-hybridized carbons (Fsp3) is 0.556. The van der Waals surface area contributed by atoms with Gasteiger partial charge in [0.05, 0.1) is 18.3 Å². The van der Waals surface area contributed by atoms with Gasteiger partial charge in [0.2, 0.25) is 5.91 Å². The van der Waals surface area contributed by atoms with Gasteiger partial charge in [0.15, 0.2) is 5.69 Å². The lowest BCUT2D eigenvalue weighted by atomic mass is 10.1. The fourth-order valence-corrected chi connectivity index (χ4v) is 1.70. The third-order valence-electron chi connectivity index (χ3n) is 2.95. The summed E-state index contributed by atoms with van der Waals surface area (Å²) in [6.45, 7) is 2.97. The van der Waals surface area contributed by atoms with Crippen LogP contribution in [0, 0.1) is 0 Å². The Morgan fingerprint density at radius 3 is 2.71 bits per heavy atom. The Balaban J connectivity index is 1.95. The number of hydrogen-bond acceptors (Lipinski definition) is 5. The highest BCUT2D eigenvalue weighted by molar-refractivity contribution is 5.84. The van der Waals surface area contributed by atoms with E-state index in [1.807, 2.05) is 4.90 Å². The highest BCUT2D eigenvalue weighted by atomic mass is 16.4. The van der Waals surface area contributed by atoms with Crippen LogP contribution < -0.4 is 5.73 Å². The van der Waals surface area contributed by atoms with Crippen molar-refractivity contribution >= 4 is 11.9 Å². The molecule has 1 fully saturated rings. The first-order valence-electron chi connectivity index (χ1n) is 5.17. The molecule has 0 saturated carbocycles. The number of carbonyl (C=O) groups is 2. The van der Waals surface area contributed by atoms with Gasteiger partial charge in [-0.1, -0.05) is 5.21 Å². The van der Waals surface area contributed by atoms with E-state index >= 15 is 0 Å². The molecule has 0 aliphatic carbocycles. The Hall–Kier alpha value is -1.96. The molecule has 0 radical (unpaired) electrons. The summed E-state index contributed by atoms with van der Waals surface area (Å²) < 4.78 is 1.51. The van der Waals surface area contributed by atoms with E-state index in [9.17, 15) is 9.59 Å². The van der Waals surface area contributed by atoms with Gasteiger partial charge >= 0.3 is 5.97 Å². The SMILES string of the molecule is CC(C(N)=O)N1CC(n2cc(C(=O)O)nn2)C1. The molecule has 1 aromatic heterocycles. The number of nitrogens with zero attached hydrogens (tertiary/aromatic N) is 4. The summed E-state index contributed by atoms with van der Waals surface area (Å²) in [6.07, 6.45) is 1.39. The molecule has 1 aliphatic heterocycles. The molecule has 1 saturated heterocycles. The minimum absolute atomic E-state index is 0.0531. The Bertz CT molecular complexity index is 451. The van der Waals surface area contributed by atoms with Crippen molar-refractivity contribution in [3.05, 3.63) is 11.9 Å². The molecule has 0 spiro atoms. The largest absolute Gasteiger partial charge is 0.476 e. The van der Waals surface area contributed by atoms with Crippen LogP contribution in [0.3, 0.4) is 0 Å². The maximum absolute atomic E-state index is 10.9. The van der Waals surface area contributed by atoms with E-state index in [1.165, 1.54) is 10.9 Å². The van der Waals surface area contributed by atoms with Crippen molar-refractivity contribution in [2.75, 3.05) is 13.1 Å². The van der Waals surface area contributed by atoms with E-state index in [0.29, 0.717) is 13.1 Å². The zero-order valence-electron chi connectivity index (χ0n) is 9.28. The molecule has 1 aliphatic rings. The summed E-state index contributed by atoms with van der Waals surface area (Å²) in [5.41, 5.74) is 5.10. The second kappa shape index (κ2) is 4.13. The number of carboxylic acid groups (broad SMARTS) is 1. The van der Waals surface area contributed by atoms with E-state index in [-0.39, 0.29) is 23.7 Å². The van der Waals surface area contributed by atoms with Crippen LogP contribution in [0.1, 0.15) is 23.5 Å². The fourth-order valence-electron chi connectivity index (χ4n) is 1.70. The van der Waals surface area contributed by atoms with Crippen molar-refractivity contribution in [1.29, 1.82) is 0 Å². The number of likely N-dealkylation sites (tertiary alicyclic amines) is 1. The number of amides is 1. The molecule has 2 rings (SSSR count). The van der Waals surface area contributed by atoms with Gasteiger partial charge in [-0.2, -0.15) is 0 Å². The number of nitrogens with two attached hydrogens (primary N) is 1. The topological polar surface area (TPSA) is 114 Å². The maximum atomic E-state index is 10.9. The van der Waals surface area contributed by atoms with Crippen molar-refractivity contribution in [3.8, 4) is 0 Å². The number of rotatable bonds is 4. The van der Waals surface area contributed by atoms with Crippen LogP contribution in [0.2, 0.25) is 0 Å². The zero-order valence-corrected chi connectivity index (χ0v) is 9.28. The first-order chi connectivity index (χ1) is 7.99. The molecule has 1 aromatic rings. The summed E-state index contributed by atoms with van der Waals surface area (Å²) in [5.74, 6) is -1.47. The molecular formula is C9H13N5O3. The van der Waals surface area contributed by atoms with Gasteiger partial charge in [-0.15, -0.1) is 5.10 Å². The van der Waals surface area contributed by atoms with Crippen LogP contribution >= 0.6 is 0 Å². The number of aromatic carboxylic acids is 1. The molecule has 2 heterocycles. The Kier molecular flexibility index (Phi) is 2.80. The lowest BCUT2D eigenvalue weighted by molar-refractivity contribution is -0.125. The molecule has 8 nitrogen and oxygen atoms in total. The second-order valence-corrected chi connectivity index (χ2v) is 4.08. The third kappa shape index (κ3) is 2.11. The van der Waals surface area contributed by atoms with Crippen molar-refractivity contribution < 1.29 is 14.7 Å². The van der Waals surface area contributed by atoms with E-state index in [1.54, 1.807) is 6.92 Å². The quantitative estimate of drug-likeness (QED) is 0.675. The van der Waals surface area contributed by atoms with E-state index < -0.39 is 5.97 Å². The van der Waals surface area contributed by atoms with Gasteiger partial charge < -0.3 is 10.8 Å². The van der Waals surface area contributed by atoms with Crippen molar-refractivity contribution in [2.45, 2.75) is 19.0 Å². The maximum Gasteiger partial charge on any atom is 0.358 e. The summed E-state index contributed by atoms with van der Waals surface area (Å²) in [7, 11) is 0. The van der Waals surface area contributed by atoms with Crippen LogP contribution in [0.25, 0.3) is 0 Å². The molecule has 0 aromatic carbocycles. The highest BCUT2D eigenvalue weighted by Crippen LogP contribution is 2.22. The monoisotopic (exact) mass is 239 g/mol.